The Bertz CT molecular complexity index is 1150. The molecule has 0 radical (unpaired) electrons. The molecule has 18 heteroatoms. The van der Waals surface area contributed by atoms with E-state index in [1.165, 1.54) is 5.38 Å². The molecular weight excluding hydrogens is 476 g/mol. The number of hydrogen-bond donors (Lipinski definition) is 5. The SMILES string of the molecule is CONC(=O)C1=C(NC(=O)/C(=N\OC(C)(C)C(=O)O)c2csc(N)n2)C(=O)N1S(=O)(=O)O. The molecule has 1 aromatic rings. The molecule has 16 nitrogen and oxygen atoms in total. The number of hydrogen-bond acceptors (Lipinski definition) is 12. The van der Waals surface area contributed by atoms with Crippen LogP contribution in [0.2, 0.25) is 0 Å². The number of carbonyl (C=O) groups excluding carboxylic acids is 3. The molecule has 0 saturated carbocycles. The zero-order valence-electron chi connectivity index (χ0n) is 16.5. The summed E-state index contributed by atoms with van der Waals surface area (Å²) in [5.41, 5.74) is 2.76. The lowest BCUT2D eigenvalue weighted by molar-refractivity contribution is -0.161. The predicted octanol–water partition coefficient (Wildman–Crippen LogP) is -2.04. The highest BCUT2D eigenvalue weighted by atomic mass is 32.2. The average molecular weight is 492 g/mol. The van der Waals surface area contributed by atoms with E-state index in [-0.39, 0.29) is 15.1 Å². The minimum absolute atomic E-state index is 0.00893. The molecule has 2 rings (SSSR count). The number of carbonyl (C=O) groups is 4. The van der Waals surface area contributed by atoms with E-state index in [9.17, 15) is 27.6 Å². The standard InChI is InChI=1S/C14H16N6O10S2/c1-14(2,12(24)25)30-18-6(5-4-31-13(15)16-5)9(21)17-7-8(10(22)19-29-3)20(11(7)23)32(26,27)28/h4H,1-3H3,(H2,15,16)(H,17,21)(H,19,22)(H,24,25)(H,26,27,28)/b18-6-. The van der Waals surface area contributed by atoms with E-state index in [1.807, 2.05) is 5.32 Å². The van der Waals surface area contributed by atoms with Crippen molar-refractivity contribution in [2.75, 3.05) is 12.8 Å². The third-order valence-corrected chi connectivity index (χ3v) is 5.06. The fourth-order valence-electron chi connectivity index (χ4n) is 2.01. The molecule has 1 aliphatic heterocycles. The first kappa shape index (κ1) is 24.7. The summed E-state index contributed by atoms with van der Waals surface area (Å²) in [6, 6.07) is 0. The first-order valence-corrected chi connectivity index (χ1v) is 10.4. The highest BCUT2D eigenvalue weighted by Crippen LogP contribution is 2.27. The predicted molar refractivity (Wildman–Crippen MR) is 105 cm³/mol. The van der Waals surface area contributed by atoms with Gasteiger partial charge in [-0.3, -0.25) is 23.8 Å². The molecule has 174 valence electrons. The Hall–Kier alpha value is -3.61. The number of anilines is 1. The second kappa shape index (κ2) is 8.86. The summed E-state index contributed by atoms with van der Waals surface area (Å²) in [5.74, 6) is -5.40. The van der Waals surface area contributed by atoms with E-state index in [0.717, 1.165) is 32.3 Å². The topological polar surface area (TPSA) is 240 Å². The van der Waals surface area contributed by atoms with Crippen LogP contribution < -0.4 is 16.5 Å². The maximum absolute atomic E-state index is 12.7. The van der Waals surface area contributed by atoms with E-state index in [1.54, 1.807) is 5.48 Å². The van der Waals surface area contributed by atoms with E-state index in [4.69, 9.17) is 20.2 Å². The van der Waals surface area contributed by atoms with Crippen LogP contribution in [0.4, 0.5) is 5.13 Å². The van der Waals surface area contributed by atoms with E-state index in [0.29, 0.717) is 0 Å². The van der Waals surface area contributed by atoms with Crippen LogP contribution in [0.1, 0.15) is 19.5 Å². The van der Waals surface area contributed by atoms with Gasteiger partial charge in [-0.15, -0.1) is 11.3 Å². The van der Waals surface area contributed by atoms with Crippen molar-refractivity contribution >= 4 is 56.2 Å². The fourth-order valence-corrected chi connectivity index (χ4v) is 3.26. The van der Waals surface area contributed by atoms with Crippen LogP contribution >= 0.6 is 11.3 Å². The molecule has 1 aromatic heterocycles. The summed E-state index contributed by atoms with van der Waals surface area (Å²) in [6.45, 7) is 2.28. The fraction of sp³-hybridized carbons (Fsp3) is 0.286. The van der Waals surface area contributed by atoms with Gasteiger partial charge in [0.05, 0.1) is 7.11 Å². The van der Waals surface area contributed by atoms with Gasteiger partial charge in [0.2, 0.25) is 5.60 Å². The van der Waals surface area contributed by atoms with Gasteiger partial charge in [0.25, 0.3) is 17.7 Å². The Balaban J connectivity index is 2.47. The van der Waals surface area contributed by atoms with Crippen molar-refractivity contribution in [3.05, 3.63) is 22.5 Å². The third-order valence-electron chi connectivity index (χ3n) is 3.58. The number of carboxylic acid groups (broad SMARTS) is 1. The molecule has 0 bridgehead atoms. The van der Waals surface area contributed by atoms with Crippen LogP contribution in [0.25, 0.3) is 0 Å². The van der Waals surface area contributed by atoms with Crippen molar-refractivity contribution < 1.29 is 46.9 Å². The Morgan fingerprint density at radius 2 is 1.97 bits per heavy atom. The maximum Gasteiger partial charge on any atom is 0.367 e. The zero-order chi connectivity index (χ0) is 24.4. The second-order valence-electron chi connectivity index (χ2n) is 6.28. The van der Waals surface area contributed by atoms with Crippen molar-refractivity contribution in [3.8, 4) is 0 Å². The normalized spacial score (nSPS) is 14.7. The lowest BCUT2D eigenvalue weighted by Crippen LogP contribution is -2.56. The molecule has 1 aliphatic rings. The zero-order valence-corrected chi connectivity index (χ0v) is 18.1. The van der Waals surface area contributed by atoms with E-state index in [2.05, 4.69) is 15.0 Å². The highest BCUT2D eigenvalue weighted by molar-refractivity contribution is 7.84. The minimum Gasteiger partial charge on any atom is -0.478 e. The van der Waals surface area contributed by atoms with Crippen LogP contribution in [0.5, 0.6) is 0 Å². The molecular formula is C14H16N6O10S2. The quantitative estimate of drug-likeness (QED) is 0.142. The van der Waals surface area contributed by atoms with Gasteiger partial charge >= 0.3 is 16.3 Å². The number of rotatable bonds is 9. The summed E-state index contributed by atoms with van der Waals surface area (Å²) < 4.78 is 31.6. The van der Waals surface area contributed by atoms with Crippen molar-refractivity contribution in [1.29, 1.82) is 0 Å². The first-order chi connectivity index (χ1) is 14.7. The Kier molecular flexibility index (Phi) is 6.83. The molecule has 0 atom stereocenters. The molecule has 0 unspecified atom stereocenters. The summed E-state index contributed by atoms with van der Waals surface area (Å²) in [7, 11) is -4.19. The van der Waals surface area contributed by atoms with E-state index >= 15 is 0 Å². The Morgan fingerprint density at radius 3 is 2.44 bits per heavy atom. The number of nitrogens with zero attached hydrogens (tertiary/aromatic N) is 3. The smallest absolute Gasteiger partial charge is 0.367 e. The summed E-state index contributed by atoms with van der Waals surface area (Å²) in [4.78, 5) is 61.2. The molecule has 0 fully saturated rings. The highest BCUT2D eigenvalue weighted by Gasteiger charge is 2.48. The van der Waals surface area contributed by atoms with Crippen molar-refractivity contribution in [1.82, 2.24) is 20.1 Å². The lowest BCUT2D eigenvalue weighted by atomic mass is 10.1. The van der Waals surface area contributed by atoms with Gasteiger partial charge < -0.3 is 21.0 Å². The van der Waals surface area contributed by atoms with Crippen molar-refractivity contribution in [2.24, 2.45) is 5.16 Å². The second-order valence-corrected chi connectivity index (χ2v) is 8.43. The minimum atomic E-state index is -5.19. The van der Waals surface area contributed by atoms with Crippen molar-refractivity contribution in [3.63, 3.8) is 0 Å². The van der Waals surface area contributed by atoms with E-state index < -0.39 is 56.7 Å². The van der Waals surface area contributed by atoms with Gasteiger partial charge in [-0.2, -0.15) is 12.7 Å². The Morgan fingerprint density at radius 1 is 1.34 bits per heavy atom. The number of nitrogens with one attached hydrogen (secondary N) is 2. The number of thiazole rings is 1. The number of oxime groups is 1. The van der Waals surface area contributed by atoms with Gasteiger partial charge in [0.1, 0.15) is 11.4 Å². The summed E-state index contributed by atoms with van der Waals surface area (Å²) in [5, 5.41) is 15.8. The molecule has 6 N–H and O–H groups in total. The first-order valence-electron chi connectivity index (χ1n) is 8.12. The summed E-state index contributed by atoms with van der Waals surface area (Å²) >= 11 is 0.899. The monoisotopic (exact) mass is 492 g/mol. The van der Waals surface area contributed by atoms with Crippen LogP contribution in [0.3, 0.4) is 0 Å². The lowest BCUT2D eigenvalue weighted by Gasteiger charge is -2.31. The largest absolute Gasteiger partial charge is 0.478 e. The average Bonchev–Trinajstić information content (AvgIpc) is 3.08. The molecule has 0 saturated heterocycles. The van der Waals surface area contributed by atoms with Gasteiger partial charge in [-0.1, -0.05) is 5.16 Å². The summed E-state index contributed by atoms with van der Waals surface area (Å²) in [6.07, 6.45) is 0. The number of aromatic nitrogens is 1. The number of hydroxylamine groups is 1. The number of carboxylic acids is 1. The van der Waals surface area contributed by atoms with Gasteiger partial charge in [-0.05, 0) is 13.8 Å². The molecule has 32 heavy (non-hydrogen) atoms. The van der Waals surface area contributed by atoms with Crippen LogP contribution in [-0.2, 0) is 39.2 Å². The molecule has 2 heterocycles. The van der Waals surface area contributed by atoms with Gasteiger partial charge in [-0.25, -0.2) is 15.3 Å². The van der Waals surface area contributed by atoms with Crippen LogP contribution in [0.15, 0.2) is 21.9 Å². The molecule has 0 spiro atoms. The molecule has 0 aliphatic carbocycles. The molecule has 0 aromatic carbocycles. The third kappa shape index (κ3) is 4.99. The maximum atomic E-state index is 12.7. The molecule has 3 amide bonds. The Labute approximate surface area is 183 Å². The number of amides is 3. The van der Waals surface area contributed by atoms with Crippen LogP contribution in [0, 0.1) is 0 Å². The van der Waals surface area contributed by atoms with Crippen LogP contribution in [-0.4, -0.2) is 69.5 Å². The van der Waals surface area contributed by atoms with Gasteiger partial charge in [0.15, 0.2) is 16.5 Å². The number of nitrogen functional groups attached to an aromatic ring is 1. The van der Waals surface area contributed by atoms with Crippen molar-refractivity contribution in [2.45, 2.75) is 19.4 Å². The number of aliphatic carboxylic acids is 1. The van der Waals surface area contributed by atoms with Gasteiger partial charge in [0, 0.05) is 5.38 Å². The number of nitrogens with two attached hydrogens (primary N) is 1.